The molecule has 130 valence electrons. The number of hydrogen-bond acceptors (Lipinski definition) is 3. The summed E-state index contributed by atoms with van der Waals surface area (Å²) >= 11 is 0. The Morgan fingerprint density at radius 1 is 1.08 bits per heavy atom. The van der Waals surface area contributed by atoms with Gasteiger partial charge in [-0.3, -0.25) is 4.79 Å². The van der Waals surface area contributed by atoms with Crippen LogP contribution in [0, 0.1) is 0 Å². The van der Waals surface area contributed by atoms with Gasteiger partial charge in [0.1, 0.15) is 0 Å². The highest BCUT2D eigenvalue weighted by molar-refractivity contribution is 5.76. The smallest absolute Gasteiger partial charge is 0.231 e. The van der Waals surface area contributed by atoms with E-state index in [9.17, 15) is 4.79 Å². The maximum Gasteiger partial charge on any atom is 0.231 e. The van der Waals surface area contributed by atoms with Gasteiger partial charge in [0.15, 0.2) is 11.5 Å². The Balaban J connectivity index is 1.32. The van der Waals surface area contributed by atoms with Crippen LogP contribution >= 0.6 is 0 Å². The minimum atomic E-state index is 0.0372. The molecule has 2 aromatic rings. The first-order valence-corrected chi connectivity index (χ1v) is 8.98. The fourth-order valence-electron chi connectivity index (χ4n) is 3.61. The summed E-state index contributed by atoms with van der Waals surface area (Å²) in [6.07, 6.45) is 4.75. The lowest BCUT2D eigenvalue weighted by Gasteiger charge is -2.16. The molecular formula is C21H23NO3. The van der Waals surface area contributed by atoms with E-state index in [1.165, 1.54) is 29.5 Å². The van der Waals surface area contributed by atoms with Crippen LogP contribution in [0.3, 0.4) is 0 Å². The van der Waals surface area contributed by atoms with Gasteiger partial charge in [-0.1, -0.05) is 24.3 Å². The number of carbonyl (C=O) groups is 1. The molecule has 1 heterocycles. The molecule has 0 saturated heterocycles. The minimum Gasteiger partial charge on any atom is -0.454 e. The van der Waals surface area contributed by atoms with Gasteiger partial charge in [-0.05, 0) is 67.0 Å². The molecule has 1 aliphatic heterocycles. The highest BCUT2D eigenvalue weighted by Crippen LogP contribution is 2.32. The maximum absolute atomic E-state index is 12.3. The van der Waals surface area contributed by atoms with E-state index in [0.29, 0.717) is 12.8 Å². The van der Waals surface area contributed by atoms with Crippen LogP contribution in [-0.4, -0.2) is 12.7 Å². The van der Waals surface area contributed by atoms with Gasteiger partial charge in [-0.25, -0.2) is 0 Å². The maximum atomic E-state index is 12.3. The highest BCUT2D eigenvalue weighted by Gasteiger charge is 2.16. The third kappa shape index (κ3) is 3.48. The average Bonchev–Trinajstić information content (AvgIpc) is 3.27. The number of carbonyl (C=O) groups excluding carboxylic acids is 1. The van der Waals surface area contributed by atoms with Gasteiger partial charge in [0.2, 0.25) is 12.7 Å². The Morgan fingerprint density at radius 3 is 2.84 bits per heavy atom. The van der Waals surface area contributed by atoms with Crippen molar-refractivity contribution in [3.8, 4) is 11.5 Å². The topological polar surface area (TPSA) is 47.6 Å². The highest BCUT2D eigenvalue weighted by atomic mass is 16.7. The van der Waals surface area contributed by atoms with Crippen LogP contribution in [-0.2, 0) is 24.1 Å². The summed E-state index contributed by atoms with van der Waals surface area (Å²) in [7, 11) is 0. The molecule has 4 heteroatoms. The Bertz CT molecular complexity index is 800. The quantitative estimate of drug-likeness (QED) is 0.905. The van der Waals surface area contributed by atoms with E-state index in [4.69, 9.17) is 9.47 Å². The van der Waals surface area contributed by atoms with Crippen LogP contribution in [0.15, 0.2) is 36.4 Å². The fourth-order valence-corrected chi connectivity index (χ4v) is 3.61. The van der Waals surface area contributed by atoms with Crippen molar-refractivity contribution in [2.45, 2.75) is 45.1 Å². The van der Waals surface area contributed by atoms with Crippen molar-refractivity contribution >= 4 is 5.91 Å². The summed E-state index contributed by atoms with van der Waals surface area (Å²) in [5.41, 5.74) is 5.19. The molecule has 1 amide bonds. The van der Waals surface area contributed by atoms with Crippen molar-refractivity contribution in [3.63, 3.8) is 0 Å². The van der Waals surface area contributed by atoms with Crippen LogP contribution in [0.1, 0.15) is 48.1 Å². The van der Waals surface area contributed by atoms with Gasteiger partial charge in [0.25, 0.3) is 0 Å². The number of rotatable bonds is 5. The molecule has 0 saturated carbocycles. The number of amides is 1. The third-order valence-corrected chi connectivity index (χ3v) is 5.08. The zero-order valence-corrected chi connectivity index (χ0v) is 14.5. The van der Waals surface area contributed by atoms with Crippen LogP contribution < -0.4 is 14.8 Å². The number of fused-ring (bicyclic) bond motifs is 2. The van der Waals surface area contributed by atoms with Crippen LogP contribution in [0.25, 0.3) is 0 Å². The van der Waals surface area contributed by atoms with Crippen molar-refractivity contribution < 1.29 is 14.3 Å². The summed E-state index contributed by atoms with van der Waals surface area (Å²) in [5.74, 6) is 1.62. The van der Waals surface area contributed by atoms with E-state index in [1.54, 1.807) is 0 Å². The summed E-state index contributed by atoms with van der Waals surface area (Å²) in [5, 5.41) is 3.12. The van der Waals surface area contributed by atoms with Crippen molar-refractivity contribution in [3.05, 3.63) is 58.7 Å². The molecule has 2 aromatic carbocycles. The van der Waals surface area contributed by atoms with Crippen molar-refractivity contribution in [1.82, 2.24) is 5.32 Å². The molecule has 0 aromatic heterocycles. The molecule has 4 nitrogen and oxygen atoms in total. The van der Waals surface area contributed by atoms with Crippen LogP contribution in [0.2, 0.25) is 0 Å². The van der Waals surface area contributed by atoms with E-state index in [-0.39, 0.29) is 18.7 Å². The molecule has 0 fully saturated rings. The van der Waals surface area contributed by atoms with Crippen molar-refractivity contribution in [2.24, 2.45) is 0 Å². The van der Waals surface area contributed by atoms with E-state index in [2.05, 4.69) is 30.4 Å². The first-order valence-electron chi connectivity index (χ1n) is 8.98. The second-order valence-corrected chi connectivity index (χ2v) is 6.86. The first kappa shape index (κ1) is 16.0. The summed E-state index contributed by atoms with van der Waals surface area (Å²) in [4.78, 5) is 12.3. The molecule has 0 spiro atoms. The van der Waals surface area contributed by atoms with Crippen LogP contribution in [0.4, 0.5) is 0 Å². The van der Waals surface area contributed by atoms with Crippen molar-refractivity contribution in [2.75, 3.05) is 6.79 Å². The molecular weight excluding hydrogens is 314 g/mol. The number of hydrogen-bond donors (Lipinski definition) is 1. The van der Waals surface area contributed by atoms with E-state index < -0.39 is 0 Å². The Hall–Kier alpha value is -2.49. The Kier molecular flexibility index (Phi) is 4.35. The zero-order chi connectivity index (χ0) is 17.2. The van der Waals surface area contributed by atoms with Gasteiger partial charge in [-0.2, -0.15) is 0 Å². The molecule has 0 bridgehead atoms. The van der Waals surface area contributed by atoms with Gasteiger partial charge < -0.3 is 14.8 Å². The van der Waals surface area contributed by atoms with Gasteiger partial charge in [0.05, 0.1) is 6.04 Å². The van der Waals surface area contributed by atoms with E-state index in [0.717, 1.165) is 23.5 Å². The first-order chi connectivity index (χ1) is 12.2. The second kappa shape index (κ2) is 6.79. The van der Waals surface area contributed by atoms with Gasteiger partial charge >= 0.3 is 0 Å². The molecule has 0 unspecified atom stereocenters. The summed E-state index contributed by atoms with van der Waals surface area (Å²) in [6.45, 7) is 2.33. The van der Waals surface area contributed by atoms with Crippen molar-refractivity contribution in [1.29, 1.82) is 0 Å². The van der Waals surface area contributed by atoms with E-state index in [1.807, 2.05) is 18.2 Å². The van der Waals surface area contributed by atoms with Crippen LogP contribution in [0.5, 0.6) is 11.5 Å². The molecule has 4 rings (SSSR count). The predicted octanol–water partition coefficient (Wildman–Crippen LogP) is 3.71. The van der Waals surface area contributed by atoms with Gasteiger partial charge in [0, 0.05) is 6.42 Å². The molecule has 2 aliphatic rings. The SMILES string of the molecule is C[C@@H](NC(=O)CCc1ccc2c(c1)OCO2)c1ccc2c(c1)CCC2. The molecule has 25 heavy (non-hydrogen) atoms. The fraction of sp³-hybridized carbons (Fsp3) is 0.381. The molecule has 1 atom stereocenters. The predicted molar refractivity (Wildman–Crippen MR) is 95.9 cm³/mol. The molecule has 1 aliphatic carbocycles. The molecule has 1 N–H and O–H groups in total. The average molecular weight is 337 g/mol. The Morgan fingerprint density at radius 2 is 1.92 bits per heavy atom. The van der Waals surface area contributed by atoms with Gasteiger partial charge in [-0.15, -0.1) is 0 Å². The number of benzene rings is 2. The Labute approximate surface area is 148 Å². The monoisotopic (exact) mass is 337 g/mol. The molecule has 0 radical (unpaired) electrons. The largest absolute Gasteiger partial charge is 0.454 e. The minimum absolute atomic E-state index is 0.0372. The zero-order valence-electron chi connectivity index (χ0n) is 14.5. The second-order valence-electron chi connectivity index (χ2n) is 6.86. The van der Waals surface area contributed by atoms with E-state index >= 15 is 0 Å². The summed E-state index contributed by atoms with van der Waals surface area (Å²) < 4.78 is 10.7. The normalized spacial score (nSPS) is 15.7. The number of ether oxygens (including phenoxy) is 2. The number of nitrogens with one attached hydrogen (secondary N) is 1. The lowest BCUT2D eigenvalue weighted by molar-refractivity contribution is -0.121. The third-order valence-electron chi connectivity index (χ3n) is 5.08. The standard InChI is InChI=1S/C21H23NO3/c1-14(17-8-7-16-3-2-4-18(16)12-17)22-21(23)10-6-15-5-9-19-20(11-15)25-13-24-19/h5,7-9,11-12,14H,2-4,6,10,13H2,1H3,(H,22,23)/t14-/m1/s1. The number of aryl methyl sites for hydroxylation is 3. The lowest BCUT2D eigenvalue weighted by atomic mass is 10.0. The lowest BCUT2D eigenvalue weighted by Crippen LogP contribution is -2.26. The summed E-state index contributed by atoms with van der Waals surface area (Å²) in [6, 6.07) is 12.5.